The van der Waals surface area contributed by atoms with E-state index in [0.29, 0.717) is 17.7 Å². The first-order chi connectivity index (χ1) is 16.6. The number of halogens is 3. The van der Waals surface area contributed by atoms with Crippen LogP contribution < -0.4 is 5.32 Å². The number of amides is 1. The zero-order valence-electron chi connectivity index (χ0n) is 19.6. The first-order valence-corrected chi connectivity index (χ1v) is 11.8. The molecule has 2 N–H and O–H groups in total. The van der Waals surface area contributed by atoms with Crippen LogP contribution in [0.5, 0.6) is 0 Å². The Balaban J connectivity index is 1.58. The number of aryl methyl sites for hydroxylation is 1. The van der Waals surface area contributed by atoms with Gasteiger partial charge in [-0.15, -0.1) is 0 Å². The van der Waals surface area contributed by atoms with E-state index in [-0.39, 0.29) is 25.4 Å². The molecule has 9 heteroatoms. The number of benzene rings is 1. The van der Waals surface area contributed by atoms with Crippen LogP contribution in [-0.4, -0.2) is 47.1 Å². The molecule has 35 heavy (non-hydrogen) atoms. The third kappa shape index (κ3) is 4.53. The Hall–Kier alpha value is -2.94. The second kappa shape index (κ2) is 9.60. The fourth-order valence-electron chi connectivity index (χ4n) is 5.75. The van der Waals surface area contributed by atoms with Gasteiger partial charge in [0.05, 0.1) is 6.61 Å². The van der Waals surface area contributed by atoms with Crippen LogP contribution in [0.15, 0.2) is 42.6 Å². The highest BCUT2D eigenvalue weighted by atomic mass is 19.3. The van der Waals surface area contributed by atoms with Crippen molar-refractivity contribution in [1.29, 1.82) is 0 Å². The molecule has 6 nitrogen and oxygen atoms in total. The Morgan fingerprint density at radius 1 is 1.23 bits per heavy atom. The van der Waals surface area contributed by atoms with Gasteiger partial charge in [-0.1, -0.05) is 25.1 Å². The number of rotatable bonds is 7. The van der Waals surface area contributed by atoms with Gasteiger partial charge in [0.15, 0.2) is 5.41 Å². The van der Waals surface area contributed by atoms with Gasteiger partial charge in [0.2, 0.25) is 5.91 Å². The molecule has 1 aliphatic heterocycles. The van der Waals surface area contributed by atoms with Gasteiger partial charge in [0.25, 0.3) is 5.92 Å². The quantitative estimate of drug-likeness (QED) is 0.456. The minimum absolute atomic E-state index is 0.137. The second-order valence-corrected chi connectivity index (χ2v) is 9.56. The highest BCUT2D eigenvalue weighted by molar-refractivity contribution is 6.04. The molecule has 188 valence electrons. The van der Waals surface area contributed by atoms with E-state index in [1.54, 1.807) is 37.4 Å². The molecule has 2 aliphatic rings. The van der Waals surface area contributed by atoms with Crippen LogP contribution in [0.1, 0.15) is 32.4 Å². The Labute approximate surface area is 201 Å². The van der Waals surface area contributed by atoms with Crippen molar-refractivity contribution in [3.05, 3.63) is 54.1 Å². The van der Waals surface area contributed by atoms with Crippen molar-refractivity contribution in [2.75, 3.05) is 13.2 Å². The third-order valence-electron chi connectivity index (χ3n) is 7.54. The van der Waals surface area contributed by atoms with Crippen LogP contribution in [-0.2, 0) is 20.7 Å². The summed E-state index contributed by atoms with van der Waals surface area (Å²) in [6.07, 6.45) is 0.641. The first kappa shape index (κ1) is 25.2. The molecule has 0 bridgehead atoms. The Morgan fingerprint density at radius 3 is 2.66 bits per heavy atom. The molecule has 1 aromatic carbocycles. The normalized spacial score (nSPS) is 29.4. The maximum atomic E-state index is 15.2. The number of carbonyl (C=O) groups is 2. The highest BCUT2D eigenvalue weighted by Crippen LogP contribution is 2.60. The lowest BCUT2D eigenvalue weighted by Gasteiger charge is -2.47. The predicted molar refractivity (Wildman–Crippen MR) is 122 cm³/mol. The largest absolute Gasteiger partial charge is 0.461 e. The smallest absolute Gasteiger partial charge is 0.322 e. The van der Waals surface area contributed by atoms with Crippen LogP contribution in [0.3, 0.4) is 0 Å². The lowest BCUT2D eigenvalue weighted by atomic mass is 9.55. The Morgan fingerprint density at radius 2 is 2.00 bits per heavy atom. The molecule has 2 aromatic rings. The zero-order valence-corrected chi connectivity index (χ0v) is 19.6. The van der Waals surface area contributed by atoms with Crippen LogP contribution in [0, 0.1) is 29.0 Å². The number of alkyl halides is 2. The van der Waals surface area contributed by atoms with Crippen LogP contribution in [0.2, 0.25) is 0 Å². The molecule has 0 unspecified atom stereocenters. The molecule has 1 saturated carbocycles. The highest BCUT2D eigenvalue weighted by Gasteiger charge is 2.71. The maximum Gasteiger partial charge on any atom is 0.322 e. The number of fused-ring (bicyclic) bond motifs is 1. The lowest BCUT2D eigenvalue weighted by molar-refractivity contribution is -0.184. The maximum absolute atomic E-state index is 15.2. The average molecular weight is 491 g/mol. The van der Waals surface area contributed by atoms with Crippen molar-refractivity contribution in [2.45, 2.75) is 45.1 Å². The molecule has 0 spiro atoms. The molecule has 5 atom stereocenters. The van der Waals surface area contributed by atoms with E-state index in [0.717, 1.165) is 5.56 Å². The SMILES string of the molecule is C[C@H]1OC(=O)[C@]2(C(=O)NCCO)CC(F)(F)[C@@H](C)[C@H](CCc3ccc(-c4cccc(F)c4)cn3)[C@H]12. The average Bonchev–Trinajstić information content (AvgIpc) is 3.07. The van der Waals surface area contributed by atoms with Crippen molar-refractivity contribution < 1.29 is 32.6 Å². The van der Waals surface area contributed by atoms with Crippen molar-refractivity contribution in [3.63, 3.8) is 0 Å². The molecular formula is C26H29F3N2O4. The number of aromatic nitrogens is 1. The molecular weight excluding hydrogens is 461 g/mol. The number of carbonyl (C=O) groups excluding carboxylic acids is 2. The van der Waals surface area contributed by atoms with Crippen molar-refractivity contribution in [2.24, 2.45) is 23.2 Å². The van der Waals surface area contributed by atoms with Gasteiger partial charge in [-0.25, -0.2) is 13.2 Å². The van der Waals surface area contributed by atoms with E-state index in [9.17, 15) is 14.0 Å². The van der Waals surface area contributed by atoms with Crippen LogP contribution in [0.4, 0.5) is 13.2 Å². The van der Waals surface area contributed by atoms with E-state index in [2.05, 4.69) is 10.3 Å². The van der Waals surface area contributed by atoms with Gasteiger partial charge in [-0.3, -0.25) is 14.6 Å². The van der Waals surface area contributed by atoms with Gasteiger partial charge >= 0.3 is 5.97 Å². The fraction of sp³-hybridized carbons (Fsp3) is 0.500. The monoisotopic (exact) mass is 490 g/mol. The summed E-state index contributed by atoms with van der Waals surface area (Å²) in [4.78, 5) is 30.3. The number of pyridine rings is 1. The standard InChI is InChI=1S/C26H29F3N2O4/c1-15-21(9-8-20-7-6-18(13-31-20)17-4-3-5-19(27)12-17)22-16(2)35-24(34)25(22,14-26(15,28)29)23(33)30-10-11-32/h3-7,12-13,15-16,21-22,32H,8-11,14H2,1-2H3,(H,30,33)/t15-,16+,21-,22-,25+/m0/s1. The number of aliphatic hydroxyl groups excluding tert-OH is 1. The number of ether oxygens (including phenoxy) is 1. The minimum atomic E-state index is -3.25. The second-order valence-electron chi connectivity index (χ2n) is 9.56. The molecule has 1 saturated heterocycles. The molecule has 2 heterocycles. The van der Waals surface area contributed by atoms with Gasteiger partial charge in [-0.05, 0) is 49.4 Å². The summed E-state index contributed by atoms with van der Waals surface area (Å²) < 4.78 is 49.4. The van der Waals surface area contributed by atoms with Crippen molar-refractivity contribution in [3.8, 4) is 11.1 Å². The number of hydrogen-bond donors (Lipinski definition) is 2. The van der Waals surface area contributed by atoms with E-state index >= 15 is 8.78 Å². The van der Waals surface area contributed by atoms with Crippen molar-refractivity contribution >= 4 is 11.9 Å². The Kier molecular flexibility index (Phi) is 6.90. The number of nitrogens with zero attached hydrogens (tertiary/aromatic N) is 1. The Bertz CT molecular complexity index is 1090. The van der Waals surface area contributed by atoms with Gasteiger partial charge in [0, 0.05) is 42.3 Å². The van der Waals surface area contributed by atoms with E-state index in [1.165, 1.54) is 19.1 Å². The van der Waals surface area contributed by atoms with Gasteiger partial charge in [-0.2, -0.15) is 0 Å². The number of aliphatic hydroxyl groups is 1. The van der Waals surface area contributed by atoms with Crippen molar-refractivity contribution in [1.82, 2.24) is 10.3 Å². The zero-order chi connectivity index (χ0) is 25.4. The summed E-state index contributed by atoms with van der Waals surface area (Å²) in [5, 5.41) is 11.5. The molecule has 2 fully saturated rings. The molecule has 1 aliphatic carbocycles. The van der Waals surface area contributed by atoms with E-state index in [4.69, 9.17) is 9.84 Å². The molecule has 0 radical (unpaired) electrons. The minimum Gasteiger partial charge on any atom is -0.461 e. The summed E-state index contributed by atoms with van der Waals surface area (Å²) in [6.45, 7) is 2.59. The number of esters is 1. The number of hydrogen-bond acceptors (Lipinski definition) is 5. The predicted octanol–water partition coefficient (Wildman–Crippen LogP) is 3.77. The summed E-state index contributed by atoms with van der Waals surface area (Å²) in [5.41, 5.74) is 0.0798. The number of cyclic esters (lactones) is 1. The first-order valence-electron chi connectivity index (χ1n) is 11.8. The topological polar surface area (TPSA) is 88.5 Å². The van der Waals surface area contributed by atoms with Gasteiger partial charge in [0.1, 0.15) is 11.9 Å². The van der Waals surface area contributed by atoms with Crippen LogP contribution >= 0.6 is 0 Å². The lowest BCUT2D eigenvalue weighted by Crippen LogP contribution is -2.60. The molecule has 1 amide bonds. The summed E-state index contributed by atoms with van der Waals surface area (Å²) in [6, 6.07) is 9.71. The molecule has 4 rings (SSSR count). The summed E-state index contributed by atoms with van der Waals surface area (Å²) in [5.74, 6) is -7.84. The molecule has 1 aromatic heterocycles. The summed E-state index contributed by atoms with van der Waals surface area (Å²) in [7, 11) is 0. The van der Waals surface area contributed by atoms with E-state index in [1.807, 2.05) is 0 Å². The van der Waals surface area contributed by atoms with Crippen LogP contribution in [0.25, 0.3) is 11.1 Å². The fourth-order valence-corrected chi connectivity index (χ4v) is 5.75. The third-order valence-corrected chi connectivity index (χ3v) is 7.54. The van der Waals surface area contributed by atoms with Gasteiger partial charge < -0.3 is 15.2 Å². The number of nitrogens with one attached hydrogen (secondary N) is 1. The van der Waals surface area contributed by atoms with E-state index < -0.39 is 53.5 Å². The summed E-state index contributed by atoms with van der Waals surface area (Å²) >= 11 is 0.